The largest absolute Gasteiger partial charge is 0.481 e. The zero-order chi connectivity index (χ0) is 14.6. The number of aliphatic carboxylic acids is 1. The summed E-state index contributed by atoms with van der Waals surface area (Å²) in [7, 11) is 0. The number of carbonyl (C=O) groups is 2. The van der Waals surface area contributed by atoms with Crippen molar-refractivity contribution in [2.45, 2.75) is 33.7 Å². The van der Waals surface area contributed by atoms with Crippen LogP contribution in [0.3, 0.4) is 0 Å². The summed E-state index contributed by atoms with van der Waals surface area (Å²) in [6, 6.07) is 2.91. The highest BCUT2D eigenvalue weighted by atomic mass is 16.4. The number of furan rings is 1. The van der Waals surface area contributed by atoms with Gasteiger partial charge >= 0.3 is 12.0 Å². The summed E-state index contributed by atoms with van der Waals surface area (Å²) in [5.74, 6) is 0.476. The fourth-order valence-corrected chi connectivity index (χ4v) is 1.38. The average Bonchev–Trinajstić information content (AvgIpc) is 2.73. The Balaban J connectivity index is 2.46. The summed E-state index contributed by atoms with van der Waals surface area (Å²) < 4.78 is 5.39. The van der Waals surface area contributed by atoms with E-state index in [0.717, 1.165) is 5.76 Å². The van der Waals surface area contributed by atoms with Gasteiger partial charge < -0.3 is 20.2 Å². The van der Waals surface area contributed by atoms with Crippen LogP contribution in [0.2, 0.25) is 0 Å². The van der Waals surface area contributed by atoms with E-state index in [0.29, 0.717) is 5.76 Å². The van der Waals surface area contributed by atoms with Crippen LogP contribution in [0, 0.1) is 12.3 Å². The molecule has 2 amide bonds. The third-order valence-corrected chi connectivity index (χ3v) is 2.81. The van der Waals surface area contributed by atoms with Crippen molar-refractivity contribution in [3.05, 3.63) is 23.7 Å². The molecule has 6 heteroatoms. The van der Waals surface area contributed by atoms with Gasteiger partial charge in [0.25, 0.3) is 0 Å². The minimum atomic E-state index is -0.998. The van der Waals surface area contributed by atoms with Crippen LogP contribution in [0.1, 0.15) is 38.3 Å². The van der Waals surface area contributed by atoms with E-state index in [2.05, 4.69) is 10.6 Å². The molecule has 1 unspecified atom stereocenters. The Morgan fingerprint density at radius 1 is 1.42 bits per heavy atom. The minimum absolute atomic E-state index is 0.0536. The van der Waals surface area contributed by atoms with Crippen molar-refractivity contribution in [3.8, 4) is 0 Å². The van der Waals surface area contributed by atoms with E-state index in [1.807, 2.05) is 13.0 Å². The maximum absolute atomic E-state index is 11.6. The van der Waals surface area contributed by atoms with Gasteiger partial charge in [0.2, 0.25) is 0 Å². The quantitative estimate of drug-likeness (QED) is 0.762. The zero-order valence-electron chi connectivity index (χ0n) is 11.6. The molecule has 0 bridgehead atoms. The minimum Gasteiger partial charge on any atom is -0.481 e. The molecule has 0 radical (unpaired) electrons. The lowest BCUT2D eigenvalue weighted by atomic mass is 9.94. The molecule has 1 rings (SSSR count). The molecule has 1 aromatic rings. The second-order valence-corrected chi connectivity index (χ2v) is 5.19. The average molecular weight is 268 g/mol. The Hall–Kier alpha value is -1.98. The standard InChI is InChI=1S/C13H20N2O4/c1-8-5-6-10(19-8)9(2)15-12(18)14-7-13(3,4)11(16)17/h5-6,9H,7H2,1-4H3,(H,16,17)(H2,14,15,18). The van der Waals surface area contributed by atoms with Crippen LogP contribution < -0.4 is 10.6 Å². The maximum atomic E-state index is 11.6. The molecule has 19 heavy (non-hydrogen) atoms. The molecular weight excluding hydrogens is 248 g/mol. The third-order valence-electron chi connectivity index (χ3n) is 2.81. The van der Waals surface area contributed by atoms with Crippen molar-refractivity contribution in [2.75, 3.05) is 6.54 Å². The van der Waals surface area contributed by atoms with Crippen LogP contribution in [0.5, 0.6) is 0 Å². The highest BCUT2D eigenvalue weighted by Crippen LogP contribution is 2.16. The molecule has 1 atom stereocenters. The van der Waals surface area contributed by atoms with E-state index in [9.17, 15) is 9.59 Å². The molecule has 6 nitrogen and oxygen atoms in total. The van der Waals surface area contributed by atoms with E-state index in [1.54, 1.807) is 26.8 Å². The van der Waals surface area contributed by atoms with Gasteiger partial charge in [-0.15, -0.1) is 0 Å². The second kappa shape index (κ2) is 5.77. The van der Waals surface area contributed by atoms with Gasteiger partial charge in [-0.3, -0.25) is 4.79 Å². The summed E-state index contributed by atoms with van der Waals surface area (Å²) in [6.45, 7) is 6.77. The second-order valence-electron chi connectivity index (χ2n) is 5.19. The molecule has 0 fully saturated rings. The topological polar surface area (TPSA) is 91.6 Å². The smallest absolute Gasteiger partial charge is 0.315 e. The number of amides is 2. The van der Waals surface area contributed by atoms with Crippen molar-refractivity contribution in [1.29, 1.82) is 0 Å². The number of urea groups is 1. The van der Waals surface area contributed by atoms with E-state index in [4.69, 9.17) is 9.52 Å². The van der Waals surface area contributed by atoms with Gasteiger partial charge in [-0.25, -0.2) is 4.79 Å². The zero-order valence-corrected chi connectivity index (χ0v) is 11.6. The van der Waals surface area contributed by atoms with Gasteiger partial charge in [-0.2, -0.15) is 0 Å². The summed E-state index contributed by atoms with van der Waals surface area (Å²) >= 11 is 0. The Kier molecular flexibility index (Phi) is 4.58. The number of carbonyl (C=O) groups excluding carboxylic acids is 1. The van der Waals surface area contributed by atoms with Crippen molar-refractivity contribution in [2.24, 2.45) is 5.41 Å². The monoisotopic (exact) mass is 268 g/mol. The van der Waals surface area contributed by atoms with Crippen LogP contribution >= 0.6 is 0 Å². The molecule has 0 aliphatic carbocycles. The molecule has 0 aliphatic rings. The van der Waals surface area contributed by atoms with Gasteiger partial charge in [0.15, 0.2) is 0 Å². The summed E-state index contributed by atoms with van der Waals surface area (Å²) in [6.07, 6.45) is 0. The van der Waals surface area contributed by atoms with Crippen LogP contribution in [0.25, 0.3) is 0 Å². The Morgan fingerprint density at radius 2 is 2.05 bits per heavy atom. The van der Waals surface area contributed by atoms with Gasteiger partial charge in [-0.05, 0) is 39.8 Å². The summed E-state index contributed by atoms with van der Waals surface area (Å²) in [4.78, 5) is 22.5. The fourth-order valence-electron chi connectivity index (χ4n) is 1.38. The van der Waals surface area contributed by atoms with Crippen molar-refractivity contribution >= 4 is 12.0 Å². The summed E-state index contributed by atoms with van der Waals surface area (Å²) in [5.41, 5.74) is -0.998. The normalized spacial score (nSPS) is 12.8. The van der Waals surface area contributed by atoms with Crippen molar-refractivity contribution < 1.29 is 19.1 Å². The molecule has 0 spiro atoms. The number of hydrogen-bond acceptors (Lipinski definition) is 3. The SMILES string of the molecule is Cc1ccc(C(C)NC(=O)NCC(C)(C)C(=O)O)o1. The Bertz CT molecular complexity index is 465. The molecule has 0 saturated carbocycles. The maximum Gasteiger partial charge on any atom is 0.315 e. The van der Waals surface area contributed by atoms with Crippen molar-refractivity contribution in [3.63, 3.8) is 0 Å². The number of hydrogen-bond donors (Lipinski definition) is 3. The predicted molar refractivity (Wildman–Crippen MR) is 69.8 cm³/mol. The van der Waals surface area contributed by atoms with E-state index < -0.39 is 17.4 Å². The number of nitrogens with one attached hydrogen (secondary N) is 2. The molecule has 106 valence electrons. The Labute approximate surface area is 112 Å². The first-order chi connectivity index (χ1) is 8.72. The highest BCUT2D eigenvalue weighted by Gasteiger charge is 2.27. The first-order valence-electron chi connectivity index (χ1n) is 6.06. The van der Waals surface area contributed by atoms with Crippen LogP contribution in [-0.4, -0.2) is 23.7 Å². The van der Waals surface area contributed by atoms with E-state index in [-0.39, 0.29) is 12.6 Å². The lowest BCUT2D eigenvalue weighted by molar-refractivity contribution is -0.146. The van der Waals surface area contributed by atoms with E-state index in [1.165, 1.54) is 0 Å². The molecule has 1 heterocycles. The molecule has 1 aromatic heterocycles. The molecule has 0 aromatic carbocycles. The Morgan fingerprint density at radius 3 is 2.53 bits per heavy atom. The molecular formula is C13H20N2O4. The van der Waals surface area contributed by atoms with Crippen LogP contribution in [-0.2, 0) is 4.79 Å². The van der Waals surface area contributed by atoms with Crippen LogP contribution in [0.15, 0.2) is 16.5 Å². The van der Waals surface area contributed by atoms with Gasteiger partial charge in [0, 0.05) is 6.54 Å². The third kappa shape index (κ3) is 4.31. The van der Waals surface area contributed by atoms with Gasteiger partial charge in [-0.1, -0.05) is 0 Å². The lowest BCUT2D eigenvalue weighted by Gasteiger charge is -2.20. The first-order valence-corrected chi connectivity index (χ1v) is 6.06. The molecule has 0 aliphatic heterocycles. The predicted octanol–water partition coefficient (Wildman–Crippen LogP) is 2.06. The number of carboxylic acids is 1. The fraction of sp³-hybridized carbons (Fsp3) is 0.538. The lowest BCUT2D eigenvalue weighted by Crippen LogP contribution is -2.44. The number of rotatable bonds is 5. The molecule has 3 N–H and O–H groups in total. The van der Waals surface area contributed by atoms with Crippen molar-refractivity contribution in [1.82, 2.24) is 10.6 Å². The summed E-state index contributed by atoms with van der Waals surface area (Å²) in [5, 5.41) is 14.2. The van der Waals surface area contributed by atoms with Gasteiger partial charge in [0.05, 0.1) is 11.5 Å². The van der Waals surface area contributed by atoms with Crippen LogP contribution in [0.4, 0.5) is 4.79 Å². The number of aryl methyl sites for hydroxylation is 1. The highest BCUT2D eigenvalue weighted by molar-refractivity contribution is 5.77. The van der Waals surface area contributed by atoms with E-state index >= 15 is 0 Å². The molecule has 0 saturated heterocycles. The van der Waals surface area contributed by atoms with Gasteiger partial charge in [0.1, 0.15) is 11.5 Å². The number of carboxylic acid groups (broad SMARTS) is 1. The first kappa shape index (κ1) is 15.1.